The molecule has 1 rings (SSSR count). The van der Waals surface area contributed by atoms with Gasteiger partial charge in [0.05, 0.1) is 12.6 Å². The van der Waals surface area contributed by atoms with Gasteiger partial charge < -0.3 is 10.1 Å². The molecule has 16 heavy (non-hydrogen) atoms. The Bertz CT molecular complexity index is 300. The van der Waals surface area contributed by atoms with E-state index in [1.54, 1.807) is 7.05 Å². The van der Waals surface area contributed by atoms with Gasteiger partial charge >= 0.3 is 0 Å². The zero-order valence-electron chi connectivity index (χ0n) is 9.54. The predicted molar refractivity (Wildman–Crippen MR) is 59.8 cm³/mol. The molecule has 0 aliphatic rings. The second-order valence-corrected chi connectivity index (χ2v) is 3.68. The molecule has 0 saturated heterocycles. The van der Waals surface area contributed by atoms with Crippen molar-refractivity contribution in [2.24, 2.45) is 0 Å². The van der Waals surface area contributed by atoms with Gasteiger partial charge in [-0.2, -0.15) is 0 Å². The van der Waals surface area contributed by atoms with Gasteiger partial charge in [0.1, 0.15) is 6.61 Å². The van der Waals surface area contributed by atoms with Crippen molar-refractivity contribution in [3.8, 4) is 0 Å². The first-order valence-corrected chi connectivity index (χ1v) is 5.23. The maximum Gasteiger partial charge on any atom is 0.261 e. The first-order chi connectivity index (χ1) is 7.63. The molecule has 0 amide bonds. The molecule has 1 unspecified atom stereocenters. The van der Waals surface area contributed by atoms with E-state index in [0.717, 1.165) is 5.56 Å². The van der Waals surface area contributed by atoms with E-state index in [0.29, 0.717) is 0 Å². The lowest BCUT2D eigenvalue weighted by molar-refractivity contribution is 0.00985. The van der Waals surface area contributed by atoms with Crippen LogP contribution in [0.1, 0.15) is 17.2 Å². The van der Waals surface area contributed by atoms with Crippen LogP contribution in [0.15, 0.2) is 24.3 Å². The van der Waals surface area contributed by atoms with E-state index in [9.17, 15) is 8.78 Å². The molecule has 2 nitrogen and oxygen atoms in total. The second-order valence-electron chi connectivity index (χ2n) is 3.68. The maximum absolute atomic E-state index is 11.9. The van der Waals surface area contributed by atoms with Crippen molar-refractivity contribution in [2.75, 3.05) is 20.3 Å². The van der Waals surface area contributed by atoms with Crippen molar-refractivity contribution in [1.82, 2.24) is 5.32 Å². The molecule has 90 valence electrons. The lowest BCUT2D eigenvalue weighted by Crippen LogP contribution is -2.23. The van der Waals surface area contributed by atoms with Gasteiger partial charge in [-0.25, -0.2) is 8.78 Å². The molecule has 4 heteroatoms. The molecule has 0 radical (unpaired) electrons. The van der Waals surface area contributed by atoms with E-state index in [1.807, 2.05) is 31.2 Å². The van der Waals surface area contributed by atoms with Crippen molar-refractivity contribution in [1.29, 1.82) is 0 Å². The maximum atomic E-state index is 11.9. The number of hydrogen-bond acceptors (Lipinski definition) is 2. The molecule has 0 aromatic heterocycles. The fraction of sp³-hybridized carbons (Fsp3) is 0.500. The molecule has 0 fully saturated rings. The third-order valence-electron chi connectivity index (χ3n) is 2.36. The first kappa shape index (κ1) is 13.1. The van der Waals surface area contributed by atoms with Crippen LogP contribution in [0.25, 0.3) is 0 Å². The summed E-state index contributed by atoms with van der Waals surface area (Å²) < 4.78 is 28.7. The van der Waals surface area contributed by atoms with Crippen molar-refractivity contribution in [2.45, 2.75) is 19.4 Å². The van der Waals surface area contributed by atoms with Crippen LogP contribution in [0.5, 0.6) is 0 Å². The Morgan fingerprint density at radius 1 is 1.19 bits per heavy atom. The van der Waals surface area contributed by atoms with Crippen molar-refractivity contribution >= 4 is 0 Å². The van der Waals surface area contributed by atoms with Crippen LogP contribution < -0.4 is 5.32 Å². The standard InChI is InChI=1S/C12H17F2NO/c1-9-3-5-10(6-4-9)11(15-2)7-16-8-12(13)14/h3-6,11-12,15H,7-8H2,1-2H3. The number of aryl methyl sites for hydroxylation is 1. The minimum absolute atomic E-state index is 0.0423. The third-order valence-corrected chi connectivity index (χ3v) is 2.36. The highest BCUT2D eigenvalue weighted by Gasteiger charge is 2.10. The highest BCUT2D eigenvalue weighted by atomic mass is 19.3. The predicted octanol–water partition coefficient (Wildman–Crippen LogP) is 2.54. The number of ether oxygens (including phenoxy) is 1. The molecule has 0 heterocycles. The Morgan fingerprint density at radius 3 is 2.31 bits per heavy atom. The first-order valence-electron chi connectivity index (χ1n) is 5.23. The Morgan fingerprint density at radius 2 is 1.81 bits per heavy atom. The monoisotopic (exact) mass is 229 g/mol. The van der Waals surface area contributed by atoms with Crippen molar-refractivity contribution < 1.29 is 13.5 Å². The molecule has 0 saturated carbocycles. The SMILES string of the molecule is CNC(COCC(F)F)c1ccc(C)cc1. The molecular formula is C12H17F2NO. The lowest BCUT2D eigenvalue weighted by Gasteiger charge is -2.16. The number of rotatable bonds is 6. The van der Waals surface area contributed by atoms with Gasteiger partial charge in [0.25, 0.3) is 6.43 Å². The Labute approximate surface area is 94.6 Å². The Hall–Kier alpha value is -1.00. The summed E-state index contributed by atoms with van der Waals surface area (Å²) in [6, 6.07) is 7.89. The van der Waals surface area contributed by atoms with E-state index in [-0.39, 0.29) is 12.6 Å². The van der Waals surface area contributed by atoms with Gasteiger partial charge in [-0.05, 0) is 19.5 Å². The summed E-state index contributed by atoms with van der Waals surface area (Å²) in [4.78, 5) is 0. The number of nitrogens with one attached hydrogen (secondary N) is 1. The van der Waals surface area contributed by atoms with Gasteiger partial charge in [0.2, 0.25) is 0 Å². The van der Waals surface area contributed by atoms with E-state index < -0.39 is 13.0 Å². The fourth-order valence-electron chi connectivity index (χ4n) is 1.42. The minimum atomic E-state index is -2.41. The zero-order valence-corrected chi connectivity index (χ0v) is 9.54. The highest BCUT2D eigenvalue weighted by Crippen LogP contribution is 2.14. The summed E-state index contributed by atoms with van der Waals surface area (Å²) >= 11 is 0. The topological polar surface area (TPSA) is 21.3 Å². The van der Waals surface area contributed by atoms with E-state index in [4.69, 9.17) is 4.74 Å². The van der Waals surface area contributed by atoms with Crippen LogP contribution >= 0.6 is 0 Å². The van der Waals surface area contributed by atoms with Gasteiger partial charge in [-0.1, -0.05) is 29.8 Å². The number of halogens is 2. The number of hydrogen-bond donors (Lipinski definition) is 1. The van der Waals surface area contributed by atoms with Gasteiger partial charge in [0.15, 0.2) is 0 Å². The smallest absolute Gasteiger partial charge is 0.261 e. The molecule has 0 aliphatic carbocycles. The van der Waals surface area contributed by atoms with Crippen LogP contribution in [0.3, 0.4) is 0 Å². The molecule has 1 aromatic carbocycles. The molecule has 1 aromatic rings. The Balaban J connectivity index is 2.50. The average Bonchev–Trinajstić information content (AvgIpc) is 2.26. The van der Waals surface area contributed by atoms with Crippen molar-refractivity contribution in [3.63, 3.8) is 0 Å². The van der Waals surface area contributed by atoms with Crippen molar-refractivity contribution in [3.05, 3.63) is 35.4 Å². The van der Waals surface area contributed by atoms with Crippen LogP contribution in [0, 0.1) is 6.92 Å². The number of likely N-dealkylation sites (N-methyl/N-ethyl adjacent to an activating group) is 1. The van der Waals surface area contributed by atoms with Gasteiger partial charge in [-0.15, -0.1) is 0 Å². The van der Waals surface area contributed by atoms with E-state index >= 15 is 0 Å². The summed E-state index contributed by atoms with van der Waals surface area (Å²) in [6.45, 7) is 1.75. The van der Waals surface area contributed by atoms with Crippen LogP contribution in [0.4, 0.5) is 8.78 Å². The molecule has 0 bridgehead atoms. The normalized spacial score (nSPS) is 13.1. The van der Waals surface area contributed by atoms with E-state index in [2.05, 4.69) is 5.32 Å². The largest absolute Gasteiger partial charge is 0.374 e. The minimum Gasteiger partial charge on any atom is -0.374 e. The Kier molecular flexibility index (Phi) is 5.35. The highest BCUT2D eigenvalue weighted by molar-refractivity contribution is 5.24. The molecule has 0 spiro atoms. The molecular weight excluding hydrogens is 212 g/mol. The molecule has 0 aliphatic heterocycles. The zero-order chi connectivity index (χ0) is 12.0. The third kappa shape index (κ3) is 4.24. The number of benzene rings is 1. The van der Waals surface area contributed by atoms with Gasteiger partial charge in [-0.3, -0.25) is 0 Å². The summed E-state index contributed by atoms with van der Waals surface area (Å²) in [5.74, 6) is 0. The van der Waals surface area contributed by atoms with Crippen LogP contribution in [-0.4, -0.2) is 26.7 Å². The van der Waals surface area contributed by atoms with Gasteiger partial charge in [0, 0.05) is 0 Å². The lowest BCUT2D eigenvalue weighted by atomic mass is 10.1. The summed E-state index contributed by atoms with van der Waals surface area (Å²) in [6.07, 6.45) is -2.41. The fourth-order valence-corrected chi connectivity index (χ4v) is 1.42. The summed E-state index contributed by atoms with van der Waals surface area (Å²) in [5.41, 5.74) is 2.22. The van der Waals surface area contributed by atoms with E-state index in [1.165, 1.54) is 5.56 Å². The molecule has 1 atom stereocenters. The molecule has 1 N–H and O–H groups in total. The van der Waals surface area contributed by atoms with Crippen LogP contribution in [0.2, 0.25) is 0 Å². The number of alkyl halides is 2. The average molecular weight is 229 g/mol. The summed E-state index contributed by atoms with van der Waals surface area (Å²) in [7, 11) is 1.79. The van der Waals surface area contributed by atoms with Crippen LogP contribution in [-0.2, 0) is 4.74 Å². The quantitative estimate of drug-likeness (QED) is 0.809. The second kappa shape index (κ2) is 6.55. The summed E-state index contributed by atoms with van der Waals surface area (Å²) in [5, 5.41) is 3.04.